The second-order valence-corrected chi connectivity index (χ2v) is 9.32. The number of carbonyl (C=O) groups excluding carboxylic acids is 1. The minimum absolute atomic E-state index is 0.159. The Morgan fingerprint density at radius 1 is 1.17 bits per heavy atom. The number of hydrogen-bond donors (Lipinski definition) is 1. The van der Waals surface area contributed by atoms with Gasteiger partial charge in [-0.3, -0.25) is 9.69 Å². The normalized spacial score (nSPS) is 18.0. The van der Waals surface area contributed by atoms with E-state index in [9.17, 15) is 4.79 Å². The standard InChI is InChI=1S/C23H27N3O2S/c1-16-4-2-5-20-23(16)19(15-28-20)26-12-10-25(11-13-26)9-8-17-14-18-21(29-17)6-3-7-22(27)24-18/h2,4-5,14-15H,3,6-13H2,1H3,(H,24,27). The molecule has 0 radical (unpaired) electrons. The Hall–Kier alpha value is -2.31. The number of nitrogens with zero attached hydrogens (tertiary/aromatic N) is 2. The molecule has 4 heterocycles. The van der Waals surface area contributed by atoms with Crippen molar-refractivity contribution in [1.29, 1.82) is 0 Å². The zero-order chi connectivity index (χ0) is 19.8. The van der Waals surface area contributed by atoms with Gasteiger partial charge >= 0.3 is 0 Å². The van der Waals surface area contributed by atoms with E-state index in [-0.39, 0.29) is 5.91 Å². The number of benzene rings is 1. The Kier molecular flexibility index (Phi) is 5.06. The third-order valence-electron chi connectivity index (χ3n) is 6.12. The number of anilines is 2. The van der Waals surface area contributed by atoms with Crippen molar-refractivity contribution in [2.45, 2.75) is 32.6 Å². The summed E-state index contributed by atoms with van der Waals surface area (Å²) in [4.78, 5) is 19.5. The molecule has 3 aromatic rings. The first kappa shape index (κ1) is 18.7. The van der Waals surface area contributed by atoms with Gasteiger partial charge in [0, 0.05) is 54.3 Å². The number of thiophene rings is 1. The van der Waals surface area contributed by atoms with Gasteiger partial charge in [-0.15, -0.1) is 11.3 Å². The number of aryl methyl sites for hydroxylation is 2. The Bertz CT molecular complexity index is 1030. The van der Waals surface area contributed by atoms with Crippen molar-refractivity contribution in [3.8, 4) is 0 Å². The number of carbonyl (C=O) groups is 1. The van der Waals surface area contributed by atoms with E-state index in [4.69, 9.17) is 4.42 Å². The molecule has 1 aromatic carbocycles. The smallest absolute Gasteiger partial charge is 0.224 e. The first-order chi connectivity index (χ1) is 14.2. The number of piperazine rings is 1. The maximum Gasteiger partial charge on any atom is 0.224 e. The second-order valence-electron chi connectivity index (χ2n) is 8.10. The number of rotatable bonds is 4. The molecule has 1 amide bonds. The van der Waals surface area contributed by atoms with Crippen molar-refractivity contribution in [3.05, 3.63) is 45.8 Å². The minimum atomic E-state index is 0.159. The number of furan rings is 1. The summed E-state index contributed by atoms with van der Waals surface area (Å²) in [6, 6.07) is 8.45. The van der Waals surface area contributed by atoms with Crippen molar-refractivity contribution >= 4 is 39.6 Å². The van der Waals surface area contributed by atoms with Crippen molar-refractivity contribution in [1.82, 2.24) is 4.90 Å². The van der Waals surface area contributed by atoms with E-state index in [1.54, 1.807) is 0 Å². The molecule has 2 aromatic heterocycles. The molecule has 2 aliphatic heterocycles. The quantitative estimate of drug-likeness (QED) is 0.692. The van der Waals surface area contributed by atoms with Crippen molar-refractivity contribution < 1.29 is 9.21 Å². The monoisotopic (exact) mass is 409 g/mol. The number of amides is 1. The SMILES string of the molecule is Cc1cccc2occ(N3CCN(CCc4cc5c(s4)CCCC(=O)N5)CC3)c12. The fourth-order valence-corrected chi connectivity index (χ4v) is 5.63. The third-order valence-corrected chi connectivity index (χ3v) is 7.37. The van der Waals surface area contributed by atoms with Gasteiger partial charge in [0.15, 0.2) is 0 Å². The average molecular weight is 410 g/mol. The first-order valence-electron chi connectivity index (χ1n) is 10.5. The van der Waals surface area contributed by atoms with Crippen LogP contribution in [0, 0.1) is 6.92 Å². The lowest BCUT2D eigenvalue weighted by molar-refractivity contribution is -0.116. The number of fused-ring (bicyclic) bond motifs is 2. The first-order valence-corrected chi connectivity index (χ1v) is 11.3. The zero-order valence-corrected chi connectivity index (χ0v) is 17.7. The predicted molar refractivity (Wildman–Crippen MR) is 119 cm³/mol. The van der Waals surface area contributed by atoms with Crippen molar-refractivity contribution in [2.75, 3.05) is 42.9 Å². The fraction of sp³-hybridized carbons (Fsp3) is 0.435. The molecule has 152 valence electrons. The molecule has 1 saturated heterocycles. The molecule has 5 nitrogen and oxygen atoms in total. The van der Waals surface area contributed by atoms with Gasteiger partial charge in [0.05, 0.1) is 11.4 Å². The average Bonchev–Trinajstić information content (AvgIpc) is 3.28. The topological polar surface area (TPSA) is 48.7 Å². The van der Waals surface area contributed by atoms with E-state index < -0.39 is 0 Å². The molecular formula is C23H27N3O2S. The van der Waals surface area contributed by atoms with Gasteiger partial charge in [-0.2, -0.15) is 0 Å². The van der Waals surface area contributed by atoms with Crippen LogP contribution in [0.5, 0.6) is 0 Å². The Morgan fingerprint density at radius 3 is 2.90 bits per heavy atom. The van der Waals surface area contributed by atoms with Gasteiger partial charge in [0.2, 0.25) is 5.91 Å². The highest BCUT2D eigenvalue weighted by Gasteiger charge is 2.22. The van der Waals surface area contributed by atoms with Crippen LogP contribution in [0.25, 0.3) is 11.0 Å². The molecule has 2 aliphatic rings. The highest BCUT2D eigenvalue weighted by molar-refractivity contribution is 7.12. The van der Waals surface area contributed by atoms with E-state index >= 15 is 0 Å². The van der Waals surface area contributed by atoms with E-state index in [2.05, 4.69) is 40.2 Å². The molecule has 1 N–H and O–H groups in total. The van der Waals surface area contributed by atoms with Gasteiger partial charge in [-0.25, -0.2) is 0 Å². The number of nitrogens with one attached hydrogen (secondary N) is 1. The Balaban J connectivity index is 1.19. The Labute approximate surface area is 175 Å². The summed E-state index contributed by atoms with van der Waals surface area (Å²) in [5.74, 6) is 0.159. The summed E-state index contributed by atoms with van der Waals surface area (Å²) in [6.07, 6.45) is 5.60. The van der Waals surface area contributed by atoms with Crippen LogP contribution in [0.15, 0.2) is 34.9 Å². The number of hydrogen-bond acceptors (Lipinski definition) is 5. The van der Waals surface area contributed by atoms with Crippen LogP contribution in [0.3, 0.4) is 0 Å². The zero-order valence-electron chi connectivity index (χ0n) is 16.9. The van der Waals surface area contributed by atoms with Gasteiger partial charge in [0.25, 0.3) is 0 Å². The predicted octanol–water partition coefficient (Wildman–Crippen LogP) is 4.44. The van der Waals surface area contributed by atoms with Crippen LogP contribution in [-0.2, 0) is 17.6 Å². The molecule has 0 spiro atoms. The molecular weight excluding hydrogens is 382 g/mol. The lowest BCUT2D eigenvalue weighted by Crippen LogP contribution is -2.46. The lowest BCUT2D eigenvalue weighted by Gasteiger charge is -2.35. The van der Waals surface area contributed by atoms with Crippen molar-refractivity contribution in [2.24, 2.45) is 0 Å². The molecule has 0 saturated carbocycles. The second kappa shape index (κ2) is 7.84. The molecule has 29 heavy (non-hydrogen) atoms. The summed E-state index contributed by atoms with van der Waals surface area (Å²) < 4.78 is 5.79. The highest BCUT2D eigenvalue weighted by Crippen LogP contribution is 2.33. The third kappa shape index (κ3) is 3.79. The van der Waals surface area contributed by atoms with E-state index in [1.165, 1.54) is 26.4 Å². The summed E-state index contributed by atoms with van der Waals surface area (Å²) in [5.41, 5.74) is 4.54. The van der Waals surface area contributed by atoms with E-state index in [0.717, 1.165) is 63.3 Å². The lowest BCUT2D eigenvalue weighted by atomic mass is 10.1. The summed E-state index contributed by atoms with van der Waals surface area (Å²) in [5, 5.41) is 4.32. The van der Waals surface area contributed by atoms with Crippen LogP contribution in [0.2, 0.25) is 0 Å². The van der Waals surface area contributed by atoms with Crippen LogP contribution in [0.4, 0.5) is 11.4 Å². The summed E-state index contributed by atoms with van der Waals surface area (Å²) in [7, 11) is 0. The van der Waals surface area contributed by atoms with E-state index in [0.29, 0.717) is 6.42 Å². The van der Waals surface area contributed by atoms with Crippen molar-refractivity contribution in [3.63, 3.8) is 0 Å². The van der Waals surface area contributed by atoms with Crippen LogP contribution in [0.1, 0.15) is 28.2 Å². The summed E-state index contributed by atoms with van der Waals surface area (Å²) in [6.45, 7) is 7.43. The Morgan fingerprint density at radius 2 is 2.03 bits per heavy atom. The van der Waals surface area contributed by atoms with Gasteiger partial charge in [0.1, 0.15) is 11.8 Å². The van der Waals surface area contributed by atoms with Crippen LogP contribution >= 0.6 is 11.3 Å². The summed E-state index contributed by atoms with van der Waals surface area (Å²) >= 11 is 1.88. The largest absolute Gasteiger partial charge is 0.462 e. The molecule has 0 atom stereocenters. The van der Waals surface area contributed by atoms with Crippen LogP contribution < -0.4 is 10.2 Å². The van der Waals surface area contributed by atoms with Gasteiger partial charge in [-0.05, 0) is 43.9 Å². The van der Waals surface area contributed by atoms with E-state index in [1.807, 2.05) is 23.7 Å². The molecule has 6 heteroatoms. The van der Waals surface area contributed by atoms with Gasteiger partial charge in [-0.1, -0.05) is 12.1 Å². The minimum Gasteiger partial charge on any atom is -0.462 e. The molecule has 0 aliphatic carbocycles. The molecule has 5 rings (SSSR count). The fourth-order valence-electron chi connectivity index (χ4n) is 4.48. The maximum absolute atomic E-state index is 11.8. The van der Waals surface area contributed by atoms with Crippen LogP contribution in [-0.4, -0.2) is 43.5 Å². The molecule has 0 bridgehead atoms. The highest BCUT2D eigenvalue weighted by atomic mass is 32.1. The molecule has 0 unspecified atom stereocenters. The maximum atomic E-state index is 11.8. The van der Waals surface area contributed by atoms with Gasteiger partial charge < -0.3 is 14.6 Å². The molecule has 1 fully saturated rings.